The van der Waals surface area contributed by atoms with Gasteiger partial charge in [0.25, 0.3) is 0 Å². The molecule has 1 aromatic rings. The van der Waals surface area contributed by atoms with Gasteiger partial charge in [0.2, 0.25) is 0 Å². The maximum absolute atomic E-state index is 11.9. The van der Waals surface area contributed by atoms with Crippen LogP contribution in [0.25, 0.3) is 0 Å². The number of ether oxygens (including phenoxy) is 1. The van der Waals surface area contributed by atoms with Crippen LogP contribution in [0.2, 0.25) is 0 Å². The van der Waals surface area contributed by atoms with Crippen molar-refractivity contribution < 1.29 is 23.0 Å². The predicted octanol–water partition coefficient (Wildman–Crippen LogP) is 2.33. The van der Waals surface area contributed by atoms with Crippen molar-refractivity contribution in [2.75, 3.05) is 25.1 Å². The number of alkyl halides is 3. The molecule has 0 fully saturated rings. The summed E-state index contributed by atoms with van der Waals surface area (Å²) in [7, 11) is 0. The molecule has 0 aromatic heterocycles. The summed E-state index contributed by atoms with van der Waals surface area (Å²) in [6.07, 6.45) is -0.142. The van der Waals surface area contributed by atoms with Crippen molar-refractivity contribution in [2.45, 2.75) is 19.2 Å². The van der Waals surface area contributed by atoms with E-state index in [1.165, 1.54) is 0 Å². The van der Waals surface area contributed by atoms with Gasteiger partial charge >= 0.3 is 6.18 Å². The highest BCUT2D eigenvalue weighted by Crippen LogP contribution is 2.17. The van der Waals surface area contributed by atoms with Crippen molar-refractivity contribution in [2.24, 2.45) is 0 Å². The molecule has 0 saturated heterocycles. The molecule has 0 spiro atoms. The highest BCUT2D eigenvalue weighted by atomic mass is 19.4. The molecule has 0 saturated carbocycles. The number of aliphatic hydroxyl groups excluding tert-OH is 1. The van der Waals surface area contributed by atoms with Gasteiger partial charge in [0, 0.05) is 17.8 Å². The molecule has 0 aliphatic carbocycles. The zero-order valence-electron chi connectivity index (χ0n) is 11.0. The maximum Gasteiger partial charge on any atom is 0.411 e. The van der Waals surface area contributed by atoms with Crippen LogP contribution in [0.4, 0.5) is 18.9 Å². The summed E-state index contributed by atoms with van der Waals surface area (Å²) in [5.74, 6) is 2.48. The second-order valence-electron chi connectivity index (χ2n) is 4.34. The van der Waals surface area contributed by atoms with Gasteiger partial charge in [-0.05, 0) is 24.6 Å². The van der Waals surface area contributed by atoms with E-state index >= 15 is 0 Å². The molecule has 0 aliphatic heterocycles. The van der Waals surface area contributed by atoms with E-state index < -0.39 is 18.9 Å². The van der Waals surface area contributed by atoms with E-state index in [2.05, 4.69) is 16.0 Å². The predicted molar refractivity (Wildman–Crippen MR) is 70.5 cm³/mol. The summed E-state index contributed by atoms with van der Waals surface area (Å²) < 4.78 is 39.9. The van der Waals surface area contributed by atoms with Crippen LogP contribution >= 0.6 is 0 Å². The first-order valence-corrected chi connectivity index (χ1v) is 5.95. The number of hydrogen-bond acceptors (Lipinski definition) is 3. The van der Waals surface area contributed by atoms with E-state index in [0.29, 0.717) is 5.56 Å². The Morgan fingerprint density at radius 1 is 1.45 bits per heavy atom. The normalized spacial score (nSPS) is 12.8. The van der Waals surface area contributed by atoms with Crippen LogP contribution in [0, 0.1) is 19.3 Å². The van der Waals surface area contributed by atoms with Crippen LogP contribution < -0.4 is 5.32 Å². The molecule has 0 heterocycles. The largest absolute Gasteiger partial charge is 0.411 e. The standard InChI is InChI=1S/C14H16F3NO2/c1-3-11-5-4-10(2)13(6-11)18-7-12(19)8-20-9-14(15,16)17/h1,4-6,12,18-19H,7-9H2,2H3. The number of terminal acetylenes is 1. The third-order valence-corrected chi connectivity index (χ3v) is 2.51. The monoisotopic (exact) mass is 287 g/mol. The zero-order chi connectivity index (χ0) is 15.2. The molecule has 110 valence electrons. The number of hydrogen-bond donors (Lipinski definition) is 2. The van der Waals surface area contributed by atoms with Crippen LogP contribution in [-0.2, 0) is 4.74 Å². The lowest BCUT2D eigenvalue weighted by molar-refractivity contribution is -0.178. The molecule has 1 atom stereocenters. The van der Waals surface area contributed by atoms with Gasteiger partial charge in [-0.2, -0.15) is 13.2 Å². The van der Waals surface area contributed by atoms with E-state index in [4.69, 9.17) is 6.42 Å². The maximum atomic E-state index is 11.9. The molecule has 3 nitrogen and oxygen atoms in total. The van der Waals surface area contributed by atoms with Crippen molar-refractivity contribution in [3.05, 3.63) is 29.3 Å². The topological polar surface area (TPSA) is 41.5 Å². The number of nitrogens with one attached hydrogen (secondary N) is 1. The number of benzene rings is 1. The van der Waals surface area contributed by atoms with E-state index in [1.807, 2.05) is 13.0 Å². The van der Waals surface area contributed by atoms with E-state index in [1.54, 1.807) is 12.1 Å². The SMILES string of the molecule is C#Cc1ccc(C)c(NCC(O)COCC(F)(F)F)c1. The van der Waals surface area contributed by atoms with Gasteiger partial charge in [-0.25, -0.2) is 0 Å². The summed E-state index contributed by atoms with van der Waals surface area (Å²) in [6.45, 7) is 0.179. The van der Waals surface area contributed by atoms with Crippen LogP contribution in [0.15, 0.2) is 18.2 Å². The van der Waals surface area contributed by atoms with E-state index in [9.17, 15) is 18.3 Å². The Labute approximate surface area is 115 Å². The molecule has 0 amide bonds. The molecular weight excluding hydrogens is 271 g/mol. The summed E-state index contributed by atoms with van der Waals surface area (Å²) in [5.41, 5.74) is 2.34. The van der Waals surface area contributed by atoms with Gasteiger partial charge in [0.15, 0.2) is 0 Å². The molecule has 0 bridgehead atoms. The summed E-state index contributed by atoms with van der Waals surface area (Å²) in [4.78, 5) is 0. The molecule has 20 heavy (non-hydrogen) atoms. The average molecular weight is 287 g/mol. The number of anilines is 1. The molecule has 1 aromatic carbocycles. The van der Waals surface area contributed by atoms with E-state index in [-0.39, 0.29) is 13.2 Å². The fourth-order valence-electron chi connectivity index (χ4n) is 1.50. The molecule has 1 rings (SSSR count). The molecular formula is C14H16F3NO2. The zero-order valence-corrected chi connectivity index (χ0v) is 11.0. The smallest absolute Gasteiger partial charge is 0.389 e. The number of aryl methyl sites for hydroxylation is 1. The van der Waals surface area contributed by atoms with Crippen molar-refractivity contribution in [3.8, 4) is 12.3 Å². The van der Waals surface area contributed by atoms with Crippen molar-refractivity contribution in [3.63, 3.8) is 0 Å². The summed E-state index contributed by atoms with van der Waals surface area (Å²) >= 11 is 0. The Balaban J connectivity index is 2.41. The molecule has 1 unspecified atom stereocenters. The van der Waals surface area contributed by atoms with Gasteiger partial charge in [0.05, 0.1) is 12.7 Å². The Kier molecular flexibility index (Phi) is 5.86. The highest BCUT2D eigenvalue weighted by Gasteiger charge is 2.27. The summed E-state index contributed by atoms with van der Waals surface area (Å²) in [6, 6.07) is 5.34. The minimum absolute atomic E-state index is 0.0761. The van der Waals surface area contributed by atoms with Crippen LogP contribution in [0.5, 0.6) is 0 Å². The van der Waals surface area contributed by atoms with Gasteiger partial charge < -0.3 is 15.2 Å². The third kappa shape index (κ3) is 5.95. The van der Waals surface area contributed by atoms with Gasteiger partial charge in [0.1, 0.15) is 6.61 Å². The second-order valence-corrected chi connectivity index (χ2v) is 4.34. The van der Waals surface area contributed by atoms with Crippen molar-refractivity contribution >= 4 is 5.69 Å². The number of halogens is 3. The first-order chi connectivity index (χ1) is 9.31. The first kappa shape index (κ1) is 16.3. The Hall–Kier alpha value is -1.71. The van der Waals surface area contributed by atoms with Crippen LogP contribution in [0.1, 0.15) is 11.1 Å². The summed E-state index contributed by atoms with van der Waals surface area (Å²) in [5, 5.41) is 12.5. The highest BCUT2D eigenvalue weighted by molar-refractivity contribution is 5.55. The Bertz CT molecular complexity index is 480. The number of rotatable bonds is 6. The van der Waals surface area contributed by atoms with Crippen LogP contribution in [0.3, 0.4) is 0 Å². The molecule has 0 aliphatic rings. The minimum Gasteiger partial charge on any atom is -0.389 e. The van der Waals surface area contributed by atoms with Crippen molar-refractivity contribution in [1.29, 1.82) is 0 Å². The lowest BCUT2D eigenvalue weighted by atomic mass is 10.1. The van der Waals surface area contributed by atoms with Crippen LogP contribution in [-0.4, -0.2) is 37.1 Å². The molecule has 0 radical (unpaired) electrons. The lowest BCUT2D eigenvalue weighted by Crippen LogP contribution is -2.28. The van der Waals surface area contributed by atoms with Crippen molar-refractivity contribution in [1.82, 2.24) is 0 Å². The van der Waals surface area contributed by atoms with Gasteiger partial charge in [-0.3, -0.25) is 0 Å². The quantitative estimate of drug-likeness (QED) is 0.789. The molecule has 2 N–H and O–H groups in total. The third-order valence-electron chi connectivity index (χ3n) is 2.51. The average Bonchev–Trinajstić information content (AvgIpc) is 2.36. The number of aliphatic hydroxyl groups is 1. The minimum atomic E-state index is -4.38. The lowest BCUT2D eigenvalue weighted by Gasteiger charge is -2.15. The fraction of sp³-hybridized carbons (Fsp3) is 0.429. The Morgan fingerprint density at radius 3 is 2.75 bits per heavy atom. The van der Waals surface area contributed by atoms with Gasteiger partial charge in [-0.1, -0.05) is 12.0 Å². The Morgan fingerprint density at radius 2 is 2.15 bits per heavy atom. The second kappa shape index (κ2) is 7.17. The van der Waals surface area contributed by atoms with E-state index in [0.717, 1.165) is 11.3 Å². The first-order valence-electron chi connectivity index (χ1n) is 5.95. The molecule has 6 heteroatoms. The van der Waals surface area contributed by atoms with Gasteiger partial charge in [-0.15, -0.1) is 6.42 Å². The fourth-order valence-corrected chi connectivity index (χ4v) is 1.50.